The summed E-state index contributed by atoms with van der Waals surface area (Å²) in [4.78, 5) is 24.6. The predicted octanol–water partition coefficient (Wildman–Crippen LogP) is 24.9. The third-order valence-electron chi connectivity index (χ3n) is 18.0. The van der Waals surface area contributed by atoms with Gasteiger partial charge in [0.1, 0.15) is 0 Å². The highest BCUT2D eigenvalue weighted by Gasteiger charge is 2.20. The zero-order valence-corrected chi connectivity index (χ0v) is 56.5. The van der Waals surface area contributed by atoms with Crippen LogP contribution < -0.4 is 5.32 Å². The Balaban J connectivity index is 3.34. The van der Waals surface area contributed by atoms with Gasteiger partial charge in [0, 0.05) is 12.8 Å². The summed E-state index contributed by atoms with van der Waals surface area (Å²) in [6.07, 6.45) is 92.5. The number of unbranched alkanes of at least 4 members (excludes halogenated alkanes) is 57. The highest BCUT2D eigenvalue weighted by atomic mass is 16.5. The van der Waals surface area contributed by atoms with Crippen LogP contribution in [-0.2, 0) is 14.3 Å². The van der Waals surface area contributed by atoms with E-state index in [9.17, 15) is 19.8 Å². The first-order valence-electron chi connectivity index (χ1n) is 38.1. The Morgan fingerprint density at radius 3 is 0.855 bits per heavy atom. The number of aliphatic hydroxyl groups excluding tert-OH is 2. The molecule has 0 saturated carbocycles. The molecular weight excluding hydrogens is 1020 g/mol. The van der Waals surface area contributed by atoms with E-state index in [0.29, 0.717) is 25.9 Å². The number of aliphatic hydroxyl groups is 2. The molecule has 1 amide bonds. The van der Waals surface area contributed by atoms with Crippen molar-refractivity contribution >= 4 is 11.9 Å². The third kappa shape index (κ3) is 69.3. The number of hydrogen-bond acceptors (Lipinski definition) is 5. The van der Waals surface area contributed by atoms with Crippen molar-refractivity contribution in [2.75, 3.05) is 13.2 Å². The predicted molar refractivity (Wildman–Crippen MR) is 366 cm³/mol. The lowest BCUT2D eigenvalue weighted by Crippen LogP contribution is -2.45. The number of carbonyl (C=O) groups is 2. The summed E-state index contributed by atoms with van der Waals surface area (Å²) < 4.78 is 5.51. The van der Waals surface area contributed by atoms with Crippen molar-refractivity contribution in [1.82, 2.24) is 5.32 Å². The SMILES string of the molecule is CCCCCCCC/C=C\CCCCCCCCCC(=O)OCCCCCCCCCCCCCC/C=C\CCCCCCCCCCCCCCCCCCC(=O)NC(CO)C(O)CCCCCCCCCCCCCCCCCCC. The fraction of sp³-hybridized carbons (Fsp3) is 0.922. The summed E-state index contributed by atoms with van der Waals surface area (Å²) >= 11 is 0. The van der Waals surface area contributed by atoms with Gasteiger partial charge in [0.25, 0.3) is 0 Å². The first kappa shape index (κ1) is 81.3. The number of amides is 1. The second kappa shape index (κ2) is 72.8. The lowest BCUT2D eigenvalue weighted by Gasteiger charge is -2.22. The molecule has 0 bridgehead atoms. The number of allylic oxidation sites excluding steroid dienone is 4. The highest BCUT2D eigenvalue weighted by Crippen LogP contribution is 2.19. The zero-order valence-electron chi connectivity index (χ0n) is 56.5. The van der Waals surface area contributed by atoms with E-state index in [1.807, 2.05) is 0 Å². The van der Waals surface area contributed by atoms with Crippen LogP contribution in [0.25, 0.3) is 0 Å². The minimum atomic E-state index is -0.662. The summed E-state index contributed by atoms with van der Waals surface area (Å²) in [5, 5.41) is 23.4. The molecule has 6 heteroatoms. The molecule has 0 radical (unpaired) electrons. The van der Waals surface area contributed by atoms with Crippen molar-refractivity contribution in [1.29, 1.82) is 0 Å². The van der Waals surface area contributed by atoms with E-state index in [2.05, 4.69) is 43.5 Å². The fourth-order valence-corrected chi connectivity index (χ4v) is 12.2. The average molecular weight is 1170 g/mol. The second-order valence-electron chi connectivity index (χ2n) is 26.3. The molecule has 0 aromatic carbocycles. The van der Waals surface area contributed by atoms with Gasteiger partial charge in [-0.3, -0.25) is 9.59 Å². The molecule has 0 heterocycles. The van der Waals surface area contributed by atoms with E-state index in [-0.39, 0.29) is 18.5 Å². The van der Waals surface area contributed by atoms with Gasteiger partial charge in [-0.05, 0) is 77.0 Å². The number of esters is 1. The molecule has 0 aliphatic rings. The molecule has 0 saturated heterocycles. The van der Waals surface area contributed by atoms with E-state index in [0.717, 1.165) is 44.9 Å². The van der Waals surface area contributed by atoms with E-state index < -0.39 is 12.1 Å². The molecule has 0 spiro atoms. The van der Waals surface area contributed by atoms with Crippen molar-refractivity contribution < 1.29 is 24.5 Å². The Kier molecular flexibility index (Phi) is 71.4. The van der Waals surface area contributed by atoms with Gasteiger partial charge in [-0.2, -0.15) is 0 Å². The minimum absolute atomic E-state index is 0.0158. The number of carbonyl (C=O) groups excluding carboxylic acids is 2. The normalized spacial score (nSPS) is 12.6. The molecule has 0 aliphatic heterocycles. The van der Waals surface area contributed by atoms with Crippen LogP contribution in [-0.4, -0.2) is 47.4 Å². The lowest BCUT2D eigenvalue weighted by atomic mass is 10.0. The monoisotopic (exact) mass is 1170 g/mol. The number of hydrogen-bond donors (Lipinski definition) is 3. The number of rotatable bonds is 72. The number of ether oxygens (including phenoxy) is 1. The van der Waals surface area contributed by atoms with Crippen LogP contribution >= 0.6 is 0 Å². The van der Waals surface area contributed by atoms with Gasteiger partial charge in [-0.25, -0.2) is 0 Å². The smallest absolute Gasteiger partial charge is 0.305 e. The summed E-state index contributed by atoms with van der Waals surface area (Å²) in [7, 11) is 0. The Bertz CT molecular complexity index is 1300. The van der Waals surface area contributed by atoms with E-state index in [1.165, 1.54) is 353 Å². The molecular formula is C77H149NO5. The highest BCUT2D eigenvalue weighted by molar-refractivity contribution is 5.76. The molecule has 2 unspecified atom stereocenters. The van der Waals surface area contributed by atoms with Gasteiger partial charge in [0.15, 0.2) is 0 Å². The van der Waals surface area contributed by atoms with Crippen molar-refractivity contribution in [3.05, 3.63) is 24.3 Å². The topological polar surface area (TPSA) is 95.9 Å². The van der Waals surface area contributed by atoms with Crippen LogP contribution in [0.3, 0.4) is 0 Å². The summed E-state index contributed by atoms with van der Waals surface area (Å²) in [5.41, 5.74) is 0. The molecule has 0 rings (SSSR count). The van der Waals surface area contributed by atoms with Crippen LogP contribution in [0.4, 0.5) is 0 Å². The van der Waals surface area contributed by atoms with Crippen molar-refractivity contribution in [3.63, 3.8) is 0 Å². The van der Waals surface area contributed by atoms with Crippen LogP contribution in [0.2, 0.25) is 0 Å². The maximum atomic E-state index is 12.5. The maximum Gasteiger partial charge on any atom is 0.305 e. The average Bonchev–Trinajstić information content (AvgIpc) is 3.49. The summed E-state index contributed by atoms with van der Waals surface area (Å²) in [6, 6.07) is -0.539. The van der Waals surface area contributed by atoms with Crippen LogP contribution in [0.5, 0.6) is 0 Å². The van der Waals surface area contributed by atoms with Crippen LogP contribution in [0, 0.1) is 0 Å². The minimum Gasteiger partial charge on any atom is -0.466 e. The van der Waals surface area contributed by atoms with Gasteiger partial charge < -0.3 is 20.3 Å². The lowest BCUT2D eigenvalue weighted by molar-refractivity contribution is -0.143. The molecule has 2 atom stereocenters. The van der Waals surface area contributed by atoms with Gasteiger partial charge in [-0.1, -0.05) is 366 Å². The summed E-state index contributed by atoms with van der Waals surface area (Å²) in [6.45, 7) is 4.99. The Hall–Kier alpha value is -1.66. The second-order valence-corrected chi connectivity index (χ2v) is 26.3. The first-order valence-corrected chi connectivity index (χ1v) is 38.1. The third-order valence-corrected chi connectivity index (χ3v) is 18.0. The zero-order chi connectivity index (χ0) is 59.9. The van der Waals surface area contributed by atoms with Gasteiger partial charge >= 0.3 is 5.97 Å². The van der Waals surface area contributed by atoms with E-state index in [4.69, 9.17) is 4.74 Å². The molecule has 0 fully saturated rings. The molecule has 0 aromatic heterocycles. The standard InChI is InChI=1S/C77H149NO5/c1-3-5-7-9-11-13-15-17-19-37-41-45-49-53-57-61-65-69-75(80)74(73-79)78-76(81)70-66-62-58-54-50-46-42-39-35-33-31-29-27-25-23-21-22-24-26-28-30-32-34-36-40-44-48-52-56-60-64-68-72-83-77(82)71-67-63-59-55-51-47-43-38-20-18-16-14-12-10-8-6-4-2/h18,20,24,26,74-75,79-80H,3-17,19,21-23,25,27-73H2,1-2H3,(H,78,81)/b20-18-,26-24-. The summed E-state index contributed by atoms with van der Waals surface area (Å²) in [5.74, 6) is -0.0126. The van der Waals surface area contributed by atoms with E-state index in [1.54, 1.807) is 0 Å². The van der Waals surface area contributed by atoms with Gasteiger partial charge in [0.2, 0.25) is 5.91 Å². The molecule has 0 aromatic rings. The van der Waals surface area contributed by atoms with Crippen molar-refractivity contribution in [2.24, 2.45) is 0 Å². The Morgan fingerprint density at radius 1 is 0.325 bits per heavy atom. The molecule has 3 N–H and O–H groups in total. The number of nitrogens with one attached hydrogen (secondary N) is 1. The Morgan fingerprint density at radius 2 is 0.566 bits per heavy atom. The fourth-order valence-electron chi connectivity index (χ4n) is 12.2. The maximum absolute atomic E-state index is 12.5. The molecule has 0 aliphatic carbocycles. The van der Waals surface area contributed by atoms with Crippen molar-refractivity contribution in [2.45, 2.75) is 443 Å². The van der Waals surface area contributed by atoms with Gasteiger partial charge in [-0.15, -0.1) is 0 Å². The molecule has 6 nitrogen and oxygen atoms in total. The van der Waals surface area contributed by atoms with Gasteiger partial charge in [0.05, 0.1) is 25.4 Å². The van der Waals surface area contributed by atoms with Crippen LogP contribution in [0.1, 0.15) is 431 Å². The largest absolute Gasteiger partial charge is 0.466 e. The first-order chi connectivity index (χ1) is 41.0. The quantitative estimate of drug-likeness (QED) is 0.0320. The Labute approximate surface area is 520 Å². The van der Waals surface area contributed by atoms with Crippen molar-refractivity contribution in [3.8, 4) is 0 Å². The molecule has 492 valence electrons. The molecule has 83 heavy (non-hydrogen) atoms. The van der Waals surface area contributed by atoms with E-state index >= 15 is 0 Å². The van der Waals surface area contributed by atoms with Crippen LogP contribution in [0.15, 0.2) is 24.3 Å².